The molecule has 0 aliphatic heterocycles. The molecule has 2 aromatic rings. The molecule has 7 heteroatoms. The van der Waals surface area contributed by atoms with E-state index < -0.39 is 21.5 Å². The van der Waals surface area contributed by atoms with Gasteiger partial charge in [-0.05, 0) is 44.7 Å². The summed E-state index contributed by atoms with van der Waals surface area (Å²) in [5.41, 5.74) is 2.70. The second-order valence-electron chi connectivity index (χ2n) is 5.76. The highest BCUT2D eigenvalue weighted by atomic mass is 32.2. The van der Waals surface area contributed by atoms with E-state index in [4.69, 9.17) is 4.52 Å². The van der Waals surface area contributed by atoms with Crippen LogP contribution < -0.4 is 5.32 Å². The summed E-state index contributed by atoms with van der Waals surface area (Å²) in [6, 6.07) is 6.43. The molecule has 122 valence electrons. The van der Waals surface area contributed by atoms with Crippen molar-refractivity contribution in [2.45, 2.75) is 37.5 Å². The number of carbonyl (C=O) groups is 1. The molecular formula is C16H18N2O4S. The smallest absolute Gasteiger partial charge is 0.242 e. The Morgan fingerprint density at radius 1 is 1.22 bits per heavy atom. The van der Waals surface area contributed by atoms with Gasteiger partial charge in [-0.15, -0.1) is 0 Å². The van der Waals surface area contributed by atoms with E-state index in [9.17, 15) is 13.2 Å². The van der Waals surface area contributed by atoms with Crippen LogP contribution in [0.25, 0.3) is 0 Å². The van der Waals surface area contributed by atoms with Gasteiger partial charge in [0, 0.05) is 5.56 Å². The molecule has 6 nitrogen and oxygen atoms in total. The number of aromatic nitrogens is 1. The average Bonchev–Trinajstić information content (AvgIpc) is 2.90. The topological polar surface area (TPSA) is 89.3 Å². The van der Waals surface area contributed by atoms with E-state index in [1.807, 2.05) is 6.92 Å². The Labute approximate surface area is 134 Å². The van der Waals surface area contributed by atoms with Gasteiger partial charge in [0.15, 0.2) is 9.84 Å². The van der Waals surface area contributed by atoms with Crippen molar-refractivity contribution in [3.63, 3.8) is 0 Å². The lowest BCUT2D eigenvalue weighted by Crippen LogP contribution is -2.23. The quantitative estimate of drug-likeness (QED) is 0.926. The molecule has 0 atom stereocenters. The van der Waals surface area contributed by atoms with Crippen LogP contribution in [-0.4, -0.2) is 25.2 Å². The maximum Gasteiger partial charge on any atom is 0.242 e. The summed E-state index contributed by atoms with van der Waals surface area (Å²) < 4.78 is 29.7. The highest BCUT2D eigenvalue weighted by Gasteiger charge is 2.24. The molecular weight excluding hydrogens is 316 g/mol. The number of carbonyl (C=O) groups excluding carboxylic acids is 1. The molecule has 1 heterocycles. The minimum Gasteiger partial charge on any atom is -0.338 e. The summed E-state index contributed by atoms with van der Waals surface area (Å²) in [6.07, 6.45) is 3.68. The highest BCUT2D eigenvalue weighted by Crippen LogP contribution is 2.27. The Hall–Kier alpha value is -2.15. The lowest BCUT2D eigenvalue weighted by molar-refractivity contribution is -0.114. The molecule has 3 rings (SSSR count). The van der Waals surface area contributed by atoms with Crippen LogP contribution in [0.15, 0.2) is 33.7 Å². The number of aryl methyl sites for hydroxylation is 2. The molecule has 0 unspecified atom stereocenters. The van der Waals surface area contributed by atoms with E-state index in [2.05, 4.69) is 10.5 Å². The molecule has 0 radical (unpaired) electrons. The van der Waals surface area contributed by atoms with Crippen LogP contribution in [0.2, 0.25) is 0 Å². The maximum atomic E-state index is 12.3. The largest absolute Gasteiger partial charge is 0.338 e. The van der Waals surface area contributed by atoms with E-state index in [-0.39, 0.29) is 10.8 Å². The van der Waals surface area contributed by atoms with Crippen molar-refractivity contribution >= 4 is 21.6 Å². The van der Waals surface area contributed by atoms with Gasteiger partial charge in [-0.1, -0.05) is 22.9 Å². The summed E-state index contributed by atoms with van der Waals surface area (Å²) in [6.45, 7) is 1.87. The summed E-state index contributed by atoms with van der Waals surface area (Å²) in [5, 5.41) is 6.47. The van der Waals surface area contributed by atoms with Crippen LogP contribution in [0.5, 0.6) is 0 Å². The van der Waals surface area contributed by atoms with Crippen LogP contribution in [-0.2, 0) is 27.5 Å². The lowest BCUT2D eigenvalue weighted by atomic mass is 9.98. The minimum atomic E-state index is -3.67. The highest BCUT2D eigenvalue weighted by molar-refractivity contribution is 7.92. The second kappa shape index (κ2) is 6.16. The average molecular weight is 334 g/mol. The molecule has 1 aliphatic rings. The Balaban J connectivity index is 1.72. The number of rotatable bonds is 4. The van der Waals surface area contributed by atoms with Gasteiger partial charge in [0.2, 0.25) is 11.8 Å². The first-order valence-electron chi connectivity index (χ1n) is 7.52. The molecule has 23 heavy (non-hydrogen) atoms. The summed E-state index contributed by atoms with van der Waals surface area (Å²) >= 11 is 0. The third-order valence-electron chi connectivity index (χ3n) is 3.91. The Kier molecular flexibility index (Phi) is 4.21. The molecule has 1 aliphatic carbocycles. The Bertz CT molecular complexity index is 822. The fraction of sp³-hybridized carbons (Fsp3) is 0.375. The predicted octanol–water partition coefficient (Wildman–Crippen LogP) is 2.27. The van der Waals surface area contributed by atoms with Crippen molar-refractivity contribution in [1.29, 1.82) is 0 Å². The van der Waals surface area contributed by atoms with Gasteiger partial charge in [0.25, 0.3) is 0 Å². The molecule has 1 aromatic carbocycles. The van der Waals surface area contributed by atoms with Gasteiger partial charge in [-0.2, -0.15) is 0 Å². The van der Waals surface area contributed by atoms with Gasteiger partial charge in [-0.25, -0.2) is 8.42 Å². The monoisotopic (exact) mass is 334 g/mol. The van der Waals surface area contributed by atoms with Crippen molar-refractivity contribution in [3.05, 3.63) is 41.1 Å². The SMILES string of the molecule is Cc1ccc(S(=O)(=O)CC(=O)Nc2onc3c2CCCC3)cc1. The van der Waals surface area contributed by atoms with Crippen LogP contribution in [0.4, 0.5) is 5.88 Å². The lowest BCUT2D eigenvalue weighted by Gasteiger charge is -2.10. The number of nitrogens with one attached hydrogen (secondary N) is 1. The van der Waals surface area contributed by atoms with E-state index in [1.165, 1.54) is 12.1 Å². The number of fused-ring (bicyclic) bond motifs is 1. The standard InChI is InChI=1S/C16H18N2O4S/c1-11-6-8-12(9-7-11)23(20,21)10-15(19)17-16-13-4-2-3-5-14(13)18-22-16/h6-9H,2-5,10H2,1H3,(H,17,19). The second-order valence-corrected chi connectivity index (χ2v) is 7.75. The first-order valence-corrected chi connectivity index (χ1v) is 9.17. The minimum absolute atomic E-state index is 0.137. The van der Waals surface area contributed by atoms with E-state index >= 15 is 0 Å². The number of hydrogen-bond donors (Lipinski definition) is 1. The van der Waals surface area contributed by atoms with Gasteiger partial charge in [0.05, 0.1) is 10.6 Å². The normalized spacial score (nSPS) is 14.3. The van der Waals surface area contributed by atoms with Crippen molar-refractivity contribution in [3.8, 4) is 0 Å². The number of nitrogens with zero attached hydrogens (tertiary/aromatic N) is 1. The zero-order valence-electron chi connectivity index (χ0n) is 12.8. The van der Waals surface area contributed by atoms with Crippen LogP contribution >= 0.6 is 0 Å². The number of amides is 1. The fourth-order valence-electron chi connectivity index (χ4n) is 2.65. The van der Waals surface area contributed by atoms with Crippen molar-refractivity contribution in [2.24, 2.45) is 0 Å². The molecule has 1 N–H and O–H groups in total. The predicted molar refractivity (Wildman–Crippen MR) is 85.0 cm³/mol. The zero-order valence-corrected chi connectivity index (χ0v) is 13.6. The van der Waals surface area contributed by atoms with E-state index in [0.717, 1.165) is 42.5 Å². The fourth-order valence-corrected chi connectivity index (χ4v) is 3.79. The summed E-state index contributed by atoms with van der Waals surface area (Å²) in [4.78, 5) is 12.2. The molecule has 0 spiro atoms. The number of benzene rings is 1. The molecule has 1 aromatic heterocycles. The van der Waals surface area contributed by atoms with Gasteiger partial charge in [0.1, 0.15) is 5.75 Å². The molecule has 0 bridgehead atoms. The van der Waals surface area contributed by atoms with Gasteiger partial charge < -0.3 is 4.52 Å². The summed E-state index contributed by atoms with van der Waals surface area (Å²) in [7, 11) is -3.67. The molecule has 0 saturated heterocycles. The first-order chi connectivity index (χ1) is 11.0. The third kappa shape index (κ3) is 3.44. The van der Waals surface area contributed by atoms with Crippen molar-refractivity contribution < 1.29 is 17.7 Å². The number of hydrogen-bond acceptors (Lipinski definition) is 5. The van der Waals surface area contributed by atoms with Crippen molar-refractivity contribution in [1.82, 2.24) is 5.16 Å². The van der Waals surface area contributed by atoms with Crippen LogP contribution in [0.1, 0.15) is 29.7 Å². The number of sulfone groups is 1. The Morgan fingerprint density at radius 2 is 1.91 bits per heavy atom. The van der Waals surface area contributed by atoms with E-state index in [0.29, 0.717) is 0 Å². The van der Waals surface area contributed by atoms with Crippen LogP contribution in [0, 0.1) is 6.92 Å². The van der Waals surface area contributed by atoms with Crippen molar-refractivity contribution in [2.75, 3.05) is 11.1 Å². The number of anilines is 1. The first kappa shape index (κ1) is 15.7. The van der Waals surface area contributed by atoms with Gasteiger partial charge >= 0.3 is 0 Å². The molecule has 0 fully saturated rings. The molecule has 1 amide bonds. The Morgan fingerprint density at radius 3 is 2.65 bits per heavy atom. The third-order valence-corrected chi connectivity index (χ3v) is 5.55. The van der Waals surface area contributed by atoms with Gasteiger partial charge in [-0.3, -0.25) is 10.1 Å². The zero-order chi connectivity index (χ0) is 16.4. The maximum absolute atomic E-state index is 12.3. The van der Waals surface area contributed by atoms with Crippen LogP contribution in [0.3, 0.4) is 0 Å². The molecule has 0 saturated carbocycles. The van der Waals surface area contributed by atoms with E-state index in [1.54, 1.807) is 12.1 Å². The summed E-state index contributed by atoms with van der Waals surface area (Å²) in [5.74, 6) is -0.954.